The van der Waals surface area contributed by atoms with Gasteiger partial charge in [0.2, 0.25) is 0 Å². The molecule has 0 nitrogen and oxygen atoms in total. The molecule has 0 aromatic rings. The van der Waals surface area contributed by atoms with Crippen LogP contribution in [0.2, 0.25) is 0 Å². The second-order valence-corrected chi connectivity index (χ2v) is 1.35. The third-order valence-electron chi connectivity index (χ3n) is 0.707. The Morgan fingerprint density at radius 1 is 0.778 bits per heavy atom. The van der Waals surface area contributed by atoms with Gasteiger partial charge in [-0.1, -0.05) is 33.1 Å². The molecule has 0 aliphatic carbocycles. The predicted molar refractivity (Wildman–Crippen MR) is 58.3 cm³/mol. The van der Waals surface area contributed by atoms with E-state index in [-0.39, 0.29) is 48.2 Å². The van der Waals surface area contributed by atoms with Crippen LogP contribution in [0.4, 0.5) is 0 Å². The van der Waals surface area contributed by atoms with Crippen molar-refractivity contribution in [3.8, 4) is 0 Å². The molecule has 64 valence electrons. The van der Waals surface area contributed by atoms with Gasteiger partial charge in [-0.2, -0.15) is 0 Å². The Morgan fingerprint density at radius 2 is 1.00 bits per heavy atom. The van der Waals surface area contributed by atoms with E-state index in [1.165, 1.54) is 19.3 Å². The first kappa shape index (κ1) is 32.2. The third kappa shape index (κ3) is 47.9. The SMILES string of the molecule is CCCCC.Cl.Cl.Cl.[SiH4]. The molecule has 0 aliphatic heterocycles. The second kappa shape index (κ2) is 35.6. The summed E-state index contributed by atoms with van der Waals surface area (Å²) in [6.45, 7) is 4.42. The summed E-state index contributed by atoms with van der Waals surface area (Å²) < 4.78 is 0. The van der Waals surface area contributed by atoms with Gasteiger partial charge >= 0.3 is 0 Å². The maximum absolute atomic E-state index is 2.21. The van der Waals surface area contributed by atoms with E-state index in [0.29, 0.717) is 0 Å². The maximum Gasteiger partial charge on any atom is -0.0149 e. The lowest BCUT2D eigenvalue weighted by Gasteiger charge is -1.79. The second-order valence-electron chi connectivity index (χ2n) is 1.35. The van der Waals surface area contributed by atoms with E-state index in [9.17, 15) is 0 Å². The van der Waals surface area contributed by atoms with Gasteiger partial charge in [-0.15, -0.1) is 37.2 Å². The number of rotatable bonds is 2. The zero-order valence-electron chi connectivity index (χ0n) is 5.35. The zero-order valence-corrected chi connectivity index (χ0v) is 7.80. The van der Waals surface area contributed by atoms with Gasteiger partial charge in [-0.05, 0) is 11.0 Å². The molecule has 0 spiro atoms. The van der Waals surface area contributed by atoms with Crippen LogP contribution in [0.25, 0.3) is 0 Å². The van der Waals surface area contributed by atoms with Crippen molar-refractivity contribution in [1.82, 2.24) is 0 Å². The largest absolute Gasteiger partial charge is 0.147 e. The summed E-state index contributed by atoms with van der Waals surface area (Å²) in [5.41, 5.74) is 0. The van der Waals surface area contributed by atoms with Gasteiger partial charge in [0.15, 0.2) is 0 Å². The number of hydrogen-bond acceptors (Lipinski definition) is 0. The lowest BCUT2D eigenvalue weighted by atomic mass is 10.3. The fourth-order valence-electron chi connectivity index (χ4n) is 0.354. The van der Waals surface area contributed by atoms with Crippen molar-refractivity contribution in [2.75, 3.05) is 0 Å². The van der Waals surface area contributed by atoms with Gasteiger partial charge in [0.1, 0.15) is 0 Å². The molecule has 0 saturated carbocycles. The van der Waals surface area contributed by atoms with Gasteiger partial charge in [-0.3, -0.25) is 0 Å². The standard InChI is InChI=1S/C5H12.3ClH.H4Si/c1-3-5-4-2;;;;/h3-5H2,1-2H3;3*1H;1H4. The van der Waals surface area contributed by atoms with Crippen molar-refractivity contribution in [1.29, 1.82) is 0 Å². The summed E-state index contributed by atoms with van der Waals surface area (Å²) in [5, 5.41) is 0. The highest BCUT2D eigenvalue weighted by Gasteiger charge is 1.68. The summed E-state index contributed by atoms with van der Waals surface area (Å²) in [4.78, 5) is 0. The Labute approximate surface area is 81.4 Å². The highest BCUT2D eigenvalue weighted by atomic mass is 35.5. The molecule has 0 heterocycles. The van der Waals surface area contributed by atoms with Crippen molar-refractivity contribution in [3.05, 3.63) is 0 Å². The molecular weight excluding hydrogens is 194 g/mol. The molecule has 0 rings (SSSR count). The summed E-state index contributed by atoms with van der Waals surface area (Å²) in [7, 11) is 0. The summed E-state index contributed by atoms with van der Waals surface area (Å²) in [6, 6.07) is 0. The quantitative estimate of drug-likeness (QED) is 0.616. The molecule has 0 bridgehead atoms. The van der Waals surface area contributed by atoms with E-state index in [1.807, 2.05) is 0 Å². The van der Waals surface area contributed by atoms with Gasteiger partial charge in [0, 0.05) is 0 Å². The molecular formula is C5H19Cl3Si. The van der Waals surface area contributed by atoms with Crippen LogP contribution in [0.1, 0.15) is 33.1 Å². The van der Waals surface area contributed by atoms with Crippen LogP contribution in [0.5, 0.6) is 0 Å². The Balaban J connectivity index is -0.0000000133. The van der Waals surface area contributed by atoms with Crippen molar-refractivity contribution in [2.24, 2.45) is 0 Å². The van der Waals surface area contributed by atoms with Gasteiger partial charge in [0.25, 0.3) is 0 Å². The summed E-state index contributed by atoms with van der Waals surface area (Å²) in [5.74, 6) is 0. The first-order chi connectivity index (χ1) is 2.41. The molecule has 0 aromatic carbocycles. The average Bonchev–Trinajstić information content (AvgIpc) is 1.41. The van der Waals surface area contributed by atoms with E-state index >= 15 is 0 Å². The highest BCUT2D eigenvalue weighted by molar-refractivity contribution is 5.86. The van der Waals surface area contributed by atoms with Gasteiger partial charge in [-0.25, -0.2) is 0 Å². The number of hydrogen-bond donors (Lipinski definition) is 0. The monoisotopic (exact) mass is 212 g/mol. The van der Waals surface area contributed by atoms with Crippen LogP contribution in [-0.4, -0.2) is 11.0 Å². The minimum Gasteiger partial charge on any atom is -0.147 e. The topological polar surface area (TPSA) is 0 Å². The molecule has 0 amide bonds. The van der Waals surface area contributed by atoms with Crippen LogP contribution in [-0.2, 0) is 0 Å². The van der Waals surface area contributed by atoms with Crippen LogP contribution in [0.3, 0.4) is 0 Å². The van der Waals surface area contributed by atoms with Gasteiger partial charge < -0.3 is 0 Å². The lowest BCUT2D eigenvalue weighted by molar-refractivity contribution is 0.772. The van der Waals surface area contributed by atoms with E-state index in [4.69, 9.17) is 0 Å². The minimum absolute atomic E-state index is 0. The smallest absolute Gasteiger partial charge is 0.0149 e. The van der Waals surface area contributed by atoms with E-state index in [0.717, 1.165) is 0 Å². The maximum atomic E-state index is 2.21. The lowest BCUT2D eigenvalue weighted by Crippen LogP contribution is -1.59. The molecule has 0 N–H and O–H groups in total. The average molecular weight is 214 g/mol. The van der Waals surface area contributed by atoms with Crippen LogP contribution in [0.15, 0.2) is 0 Å². The van der Waals surface area contributed by atoms with Crippen LogP contribution in [0, 0.1) is 0 Å². The van der Waals surface area contributed by atoms with E-state index in [1.54, 1.807) is 0 Å². The third-order valence-corrected chi connectivity index (χ3v) is 0.707. The first-order valence-electron chi connectivity index (χ1n) is 2.41. The first-order valence-corrected chi connectivity index (χ1v) is 2.41. The molecule has 0 fully saturated rings. The Morgan fingerprint density at radius 3 is 1.00 bits per heavy atom. The molecule has 0 radical (unpaired) electrons. The minimum atomic E-state index is 0. The predicted octanol–water partition coefficient (Wildman–Crippen LogP) is 2.01. The van der Waals surface area contributed by atoms with E-state index in [2.05, 4.69) is 13.8 Å². The van der Waals surface area contributed by atoms with Crippen molar-refractivity contribution >= 4 is 48.2 Å². The number of unbranched alkanes of at least 4 members (excludes halogenated alkanes) is 2. The van der Waals surface area contributed by atoms with Crippen LogP contribution < -0.4 is 0 Å². The van der Waals surface area contributed by atoms with Crippen molar-refractivity contribution < 1.29 is 0 Å². The van der Waals surface area contributed by atoms with Crippen LogP contribution >= 0.6 is 37.2 Å². The number of halogens is 3. The van der Waals surface area contributed by atoms with Crippen molar-refractivity contribution in [2.45, 2.75) is 33.1 Å². The molecule has 0 aliphatic rings. The Kier molecular flexibility index (Phi) is 127. The fraction of sp³-hybridized carbons (Fsp3) is 1.00. The highest BCUT2D eigenvalue weighted by Crippen LogP contribution is 1.88. The molecule has 9 heavy (non-hydrogen) atoms. The molecule has 0 unspecified atom stereocenters. The molecule has 0 saturated heterocycles. The summed E-state index contributed by atoms with van der Waals surface area (Å²) >= 11 is 0. The van der Waals surface area contributed by atoms with Crippen molar-refractivity contribution in [3.63, 3.8) is 0 Å². The van der Waals surface area contributed by atoms with E-state index < -0.39 is 0 Å². The Bertz CT molecular complexity index is 19.7. The molecule has 0 aromatic heterocycles. The molecule has 4 heteroatoms. The van der Waals surface area contributed by atoms with Gasteiger partial charge in [0.05, 0.1) is 0 Å². The normalized spacial score (nSPS) is 4.67. The molecule has 0 atom stereocenters. The zero-order chi connectivity index (χ0) is 4.12. The Hall–Kier alpha value is 1.09. The fourth-order valence-corrected chi connectivity index (χ4v) is 0.354. The summed E-state index contributed by atoms with van der Waals surface area (Å²) in [6.07, 6.45) is 4.08.